The van der Waals surface area contributed by atoms with Crippen LogP contribution in [0.5, 0.6) is 0 Å². The minimum atomic E-state index is -1.02. The van der Waals surface area contributed by atoms with E-state index in [-0.39, 0.29) is 5.69 Å². The molecule has 0 aromatic heterocycles. The van der Waals surface area contributed by atoms with Crippen LogP contribution >= 0.6 is 15.9 Å². The molecule has 0 aliphatic rings. The van der Waals surface area contributed by atoms with E-state index in [0.717, 1.165) is 12.1 Å². The summed E-state index contributed by atoms with van der Waals surface area (Å²) in [5.41, 5.74) is 6.52. The molecule has 2 aromatic rings. The SMILES string of the molecule is Nc1cc(Br)cc(C(=O)Nc2ccc(F)c(F)c2)c1. The van der Waals surface area contributed by atoms with E-state index in [4.69, 9.17) is 5.73 Å². The van der Waals surface area contributed by atoms with Crippen molar-refractivity contribution in [3.8, 4) is 0 Å². The van der Waals surface area contributed by atoms with Crippen molar-refractivity contribution in [3.63, 3.8) is 0 Å². The third-order valence-corrected chi connectivity index (χ3v) is 2.82. The van der Waals surface area contributed by atoms with E-state index in [0.29, 0.717) is 15.7 Å². The maximum absolute atomic E-state index is 13.0. The van der Waals surface area contributed by atoms with Crippen molar-refractivity contribution in [3.05, 3.63) is 58.1 Å². The number of nitrogen functional groups attached to an aromatic ring is 1. The number of hydrogen-bond acceptors (Lipinski definition) is 2. The van der Waals surface area contributed by atoms with Gasteiger partial charge in [0.2, 0.25) is 0 Å². The molecule has 98 valence electrons. The second-order valence-corrected chi connectivity index (χ2v) is 4.77. The minimum Gasteiger partial charge on any atom is -0.399 e. The van der Waals surface area contributed by atoms with Gasteiger partial charge in [0, 0.05) is 27.5 Å². The van der Waals surface area contributed by atoms with Gasteiger partial charge in [0.1, 0.15) is 0 Å². The van der Waals surface area contributed by atoms with Gasteiger partial charge >= 0.3 is 0 Å². The second-order valence-electron chi connectivity index (χ2n) is 3.86. The van der Waals surface area contributed by atoms with Gasteiger partial charge in [0.15, 0.2) is 11.6 Å². The van der Waals surface area contributed by atoms with Crippen molar-refractivity contribution in [1.82, 2.24) is 0 Å². The number of anilines is 2. The molecular weight excluding hydrogens is 318 g/mol. The Bertz CT molecular complexity index is 626. The molecule has 3 nitrogen and oxygen atoms in total. The summed E-state index contributed by atoms with van der Waals surface area (Å²) < 4.78 is 26.4. The van der Waals surface area contributed by atoms with Crippen molar-refractivity contribution < 1.29 is 13.6 Å². The van der Waals surface area contributed by atoms with Crippen LogP contribution in [-0.2, 0) is 0 Å². The molecule has 0 fully saturated rings. The highest BCUT2D eigenvalue weighted by atomic mass is 79.9. The Hall–Kier alpha value is -1.95. The first kappa shape index (κ1) is 13.5. The first-order valence-corrected chi connectivity index (χ1v) is 6.07. The smallest absolute Gasteiger partial charge is 0.255 e. The van der Waals surface area contributed by atoms with E-state index in [9.17, 15) is 13.6 Å². The Labute approximate surface area is 116 Å². The Balaban J connectivity index is 2.22. The molecule has 19 heavy (non-hydrogen) atoms. The molecule has 0 aliphatic heterocycles. The molecule has 6 heteroatoms. The van der Waals surface area contributed by atoms with Crippen LogP contribution in [0.2, 0.25) is 0 Å². The van der Waals surface area contributed by atoms with Crippen LogP contribution in [0.15, 0.2) is 40.9 Å². The lowest BCUT2D eigenvalue weighted by Gasteiger charge is -2.07. The number of halogens is 3. The number of carbonyl (C=O) groups excluding carboxylic acids is 1. The number of carbonyl (C=O) groups is 1. The number of benzene rings is 2. The number of amides is 1. The minimum absolute atomic E-state index is 0.169. The Morgan fingerprint density at radius 2 is 1.84 bits per heavy atom. The Morgan fingerprint density at radius 3 is 2.47 bits per heavy atom. The zero-order valence-corrected chi connectivity index (χ0v) is 11.2. The van der Waals surface area contributed by atoms with Gasteiger partial charge in [-0.15, -0.1) is 0 Å². The van der Waals surface area contributed by atoms with Gasteiger partial charge in [-0.2, -0.15) is 0 Å². The predicted octanol–water partition coefficient (Wildman–Crippen LogP) is 3.56. The van der Waals surface area contributed by atoms with Crippen LogP contribution < -0.4 is 11.1 Å². The average Bonchev–Trinajstić information content (AvgIpc) is 2.32. The summed E-state index contributed by atoms with van der Waals surface area (Å²) in [5, 5.41) is 2.46. The monoisotopic (exact) mass is 326 g/mol. The summed E-state index contributed by atoms with van der Waals surface area (Å²) in [5.74, 6) is -2.45. The fourth-order valence-electron chi connectivity index (χ4n) is 1.52. The van der Waals surface area contributed by atoms with Crippen LogP contribution in [-0.4, -0.2) is 5.91 Å². The summed E-state index contributed by atoms with van der Waals surface area (Å²) in [6.07, 6.45) is 0. The number of rotatable bonds is 2. The molecule has 0 bridgehead atoms. The molecule has 0 radical (unpaired) electrons. The maximum Gasteiger partial charge on any atom is 0.255 e. The van der Waals surface area contributed by atoms with Crippen LogP contribution in [0.1, 0.15) is 10.4 Å². The molecule has 0 heterocycles. The van der Waals surface area contributed by atoms with Crippen molar-refractivity contribution in [2.75, 3.05) is 11.1 Å². The van der Waals surface area contributed by atoms with Gasteiger partial charge in [-0.3, -0.25) is 4.79 Å². The van der Waals surface area contributed by atoms with E-state index in [1.165, 1.54) is 12.1 Å². The number of nitrogens with one attached hydrogen (secondary N) is 1. The molecule has 0 saturated carbocycles. The lowest BCUT2D eigenvalue weighted by molar-refractivity contribution is 0.102. The zero-order valence-electron chi connectivity index (χ0n) is 9.58. The summed E-state index contributed by atoms with van der Waals surface area (Å²) in [7, 11) is 0. The molecule has 2 aromatic carbocycles. The van der Waals surface area contributed by atoms with Gasteiger partial charge in [0.05, 0.1) is 0 Å². The van der Waals surface area contributed by atoms with Gasteiger partial charge in [-0.05, 0) is 30.3 Å². The van der Waals surface area contributed by atoms with Crippen LogP contribution in [0.4, 0.5) is 20.2 Å². The summed E-state index contributed by atoms with van der Waals surface area (Å²) in [6, 6.07) is 7.84. The van der Waals surface area contributed by atoms with Crippen molar-refractivity contribution >= 4 is 33.2 Å². The molecule has 0 aliphatic carbocycles. The lowest BCUT2D eigenvalue weighted by Crippen LogP contribution is -2.12. The zero-order chi connectivity index (χ0) is 14.0. The van der Waals surface area contributed by atoms with Crippen LogP contribution in [0, 0.1) is 11.6 Å². The molecular formula is C13H9BrF2N2O. The quantitative estimate of drug-likeness (QED) is 0.829. The second kappa shape index (κ2) is 5.36. The number of hydrogen-bond donors (Lipinski definition) is 2. The standard InChI is InChI=1S/C13H9BrF2N2O/c14-8-3-7(4-9(17)5-8)13(19)18-10-1-2-11(15)12(16)6-10/h1-6H,17H2,(H,18,19). The maximum atomic E-state index is 13.0. The van der Waals surface area contributed by atoms with Crippen LogP contribution in [0.25, 0.3) is 0 Å². The van der Waals surface area contributed by atoms with Crippen molar-refractivity contribution in [2.24, 2.45) is 0 Å². The first-order valence-electron chi connectivity index (χ1n) is 5.28. The molecule has 3 N–H and O–H groups in total. The third-order valence-electron chi connectivity index (χ3n) is 2.36. The third kappa shape index (κ3) is 3.29. The summed E-state index contributed by atoms with van der Waals surface area (Å²) in [4.78, 5) is 11.9. The normalized spacial score (nSPS) is 10.3. The Kier molecular flexibility index (Phi) is 3.80. The fraction of sp³-hybridized carbons (Fsp3) is 0. The van der Waals surface area contributed by atoms with Crippen molar-refractivity contribution in [2.45, 2.75) is 0 Å². The highest BCUT2D eigenvalue weighted by Crippen LogP contribution is 2.19. The van der Waals surface area contributed by atoms with Gasteiger partial charge in [-0.25, -0.2) is 8.78 Å². The molecule has 0 unspecified atom stereocenters. The van der Waals surface area contributed by atoms with E-state index < -0.39 is 17.5 Å². The van der Waals surface area contributed by atoms with Crippen LogP contribution in [0.3, 0.4) is 0 Å². The van der Waals surface area contributed by atoms with Crippen molar-refractivity contribution in [1.29, 1.82) is 0 Å². The highest BCUT2D eigenvalue weighted by molar-refractivity contribution is 9.10. The average molecular weight is 327 g/mol. The molecule has 0 saturated heterocycles. The van der Waals surface area contributed by atoms with E-state index >= 15 is 0 Å². The van der Waals surface area contributed by atoms with E-state index in [1.807, 2.05) is 0 Å². The summed E-state index contributed by atoms with van der Waals surface area (Å²) >= 11 is 3.22. The van der Waals surface area contributed by atoms with Gasteiger partial charge in [0.25, 0.3) is 5.91 Å². The molecule has 0 atom stereocenters. The van der Waals surface area contributed by atoms with E-state index in [2.05, 4.69) is 21.2 Å². The molecule has 2 rings (SSSR count). The first-order chi connectivity index (χ1) is 8.95. The molecule has 1 amide bonds. The predicted molar refractivity (Wildman–Crippen MR) is 72.9 cm³/mol. The van der Waals surface area contributed by atoms with Gasteiger partial charge in [-0.1, -0.05) is 15.9 Å². The lowest BCUT2D eigenvalue weighted by atomic mass is 10.2. The van der Waals surface area contributed by atoms with Gasteiger partial charge < -0.3 is 11.1 Å². The van der Waals surface area contributed by atoms with E-state index in [1.54, 1.807) is 12.1 Å². The number of nitrogens with two attached hydrogens (primary N) is 1. The molecule has 0 spiro atoms. The topological polar surface area (TPSA) is 55.1 Å². The highest BCUT2D eigenvalue weighted by Gasteiger charge is 2.09. The Morgan fingerprint density at radius 1 is 1.11 bits per heavy atom. The largest absolute Gasteiger partial charge is 0.399 e. The summed E-state index contributed by atoms with van der Waals surface area (Å²) in [6.45, 7) is 0. The fourth-order valence-corrected chi connectivity index (χ4v) is 2.03.